The molecule has 3 aromatic rings. The summed E-state index contributed by atoms with van der Waals surface area (Å²) in [5, 5.41) is 3.22. The van der Waals surface area contributed by atoms with Gasteiger partial charge < -0.3 is 15.0 Å². The number of hydrogen-bond acceptors (Lipinski definition) is 3. The van der Waals surface area contributed by atoms with Crippen LogP contribution in [0.25, 0.3) is 0 Å². The van der Waals surface area contributed by atoms with E-state index >= 15 is 0 Å². The summed E-state index contributed by atoms with van der Waals surface area (Å²) in [5.74, 6) is -0.172. The summed E-state index contributed by atoms with van der Waals surface area (Å²) in [6.07, 6.45) is 5.64. The van der Waals surface area contributed by atoms with Crippen molar-refractivity contribution in [2.45, 2.75) is 71.0 Å². The highest BCUT2D eigenvalue weighted by Crippen LogP contribution is 2.22. The Morgan fingerprint density at radius 3 is 2.34 bits per heavy atom. The summed E-state index contributed by atoms with van der Waals surface area (Å²) in [6.45, 7) is 3.92. The summed E-state index contributed by atoms with van der Waals surface area (Å²) >= 11 is 0. The molecule has 38 heavy (non-hydrogen) atoms. The SMILES string of the molecule is Cc1ccc(OCC(=O)N(Cc2ccc(F)cc2)[C@H](Cc2ccccc2)C(=O)NC2CCCCC2)c(C)c1. The molecule has 6 heteroatoms. The van der Waals surface area contributed by atoms with Crippen molar-refractivity contribution in [1.82, 2.24) is 10.2 Å². The lowest BCUT2D eigenvalue weighted by atomic mass is 9.94. The smallest absolute Gasteiger partial charge is 0.261 e. The van der Waals surface area contributed by atoms with Gasteiger partial charge in [0.25, 0.3) is 5.91 Å². The Labute approximate surface area is 225 Å². The first kappa shape index (κ1) is 27.4. The molecule has 1 N–H and O–H groups in total. The van der Waals surface area contributed by atoms with Gasteiger partial charge in [-0.25, -0.2) is 4.39 Å². The number of carbonyl (C=O) groups excluding carboxylic acids is 2. The van der Waals surface area contributed by atoms with E-state index in [0.29, 0.717) is 12.2 Å². The Bertz CT molecular complexity index is 1210. The number of hydrogen-bond donors (Lipinski definition) is 1. The van der Waals surface area contributed by atoms with Gasteiger partial charge in [0.05, 0.1) is 0 Å². The van der Waals surface area contributed by atoms with Crippen LogP contribution in [0.2, 0.25) is 0 Å². The number of nitrogens with one attached hydrogen (secondary N) is 1. The third kappa shape index (κ3) is 7.67. The molecule has 0 aromatic heterocycles. The molecule has 1 aliphatic carbocycles. The van der Waals surface area contributed by atoms with Gasteiger partial charge in [0.1, 0.15) is 17.6 Å². The van der Waals surface area contributed by atoms with Gasteiger partial charge >= 0.3 is 0 Å². The Morgan fingerprint density at radius 1 is 0.947 bits per heavy atom. The van der Waals surface area contributed by atoms with E-state index in [9.17, 15) is 14.0 Å². The van der Waals surface area contributed by atoms with Gasteiger partial charge in [-0.05, 0) is 61.6 Å². The van der Waals surface area contributed by atoms with Crippen molar-refractivity contribution in [3.05, 3.63) is 101 Å². The molecule has 2 amide bonds. The minimum absolute atomic E-state index is 0.115. The summed E-state index contributed by atoms with van der Waals surface area (Å²) in [7, 11) is 0. The van der Waals surface area contributed by atoms with Crippen LogP contribution in [-0.2, 0) is 22.6 Å². The largest absolute Gasteiger partial charge is 0.483 e. The van der Waals surface area contributed by atoms with Crippen LogP contribution >= 0.6 is 0 Å². The maximum atomic E-state index is 13.8. The molecule has 3 aromatic carbocycles. The number of ether oxygens (including phenoxy) is 1. The Morgan fingerprint density at radius 2 is 1.66 bits per heavy atom. The van der Waals surface area contributed by atoms with Gasteiger partial charge in [0, 0.05) is 19.0 Å². The average molecular weight is 517 g/mol. The van der Waals surface area contributed by atoms with Crippen LogP contribution in [0.3, 0.4) is 0 Å². The van der Waals surface area contributed by atoms with Crippen molar-refractivity contribution in [3.63, 3.8) is 0 Å². The van der Waals surface area contributed by atoms with Crippen LogP contribution in [0.4, 0.5) is 4.39 Å². The minimum Gasteiger partial charge on any atom is -0.483 e. The fraction of sp³-hybridized carbons (Fsp3) is 0.375. The molecule has 0 radical (unpaired) electrons. The fourth-order valence-electron chi connectivity index (χ4n) is 5.07. The van der Waals surface area contributed by atoms with Crippen molar-refractivity contribution >= 4 is 11.8 Å². The molecule has 4 rings (SSSR count). The molecular weight excluding hydrogens is 479 g/mol. The predicted octanol–water partition coefficient (Wildman–Crippen LogP) is 5.91. The first-order valence-electron chi connectivity index (χ1n) is 13.5. The number of carbonyl (C=O) groups is 2. The lowest BCUT2D eigenvalue weighted by Gasteiger charge is -2.33. The van der Waals surface area contributed by atoms with Gasteiger partial charge in [0.15, 0.2) is 6.61 Å². The van der Waals surface area contributed by atoms with Crippen LogP contribution in [0, 0.1) is 19.7 Å². The second kappa shape index (κ2) is 13.2. The molecule has 1 atom stereocenters. The van der Waals surface area contributed by atoms with Crippen LogP contribution in [0.15, 0.2) is 72.8 Å². The normalized spacial score (nSPS) is 14.5. The molecule has 0 bridgehead atoms. The molecule has 0 spiro atoms. The van der Waals surface area contributed by atoms with Gasteiger partial charge in [-0.2, -0.15) is 0 Å². The zero-order valence-corrected chi connectivity index (χ0v) is 22.3. The van der Waals surface area contributed by atoms with E-state index < -0.39 is 6.04 Å². The zero-order valence-electron chi connectivity index (χ0n) is 22.3. The second-order valence-electron chi connectivity index (χ2n) is 10.3. The number of amides is 2. The topological polar surface area (TPSA) is 58.6 Å². The lowest BCUT2D eigenvalue weighted by Crippen LogP contribution is -2.53. The van der Waals surface area contributed by atoms with Crippen LogP contribution in [-0.4, -0.2) is 35.4 Å². The van der Waals surface area contributed by atoms with E-state index in [4.69, 9.17) is 4.74 Å². The van der Waals surface area contributed by atoms with Gasteiger partial charge in [-0.1, -0.05) is 79.4 Å². The van der Waals surface area contributed by atoms with Crippen molar-refractivity contribution in [2.24, 2.45) is 0 Å². The maximum absolute atomic E-state index is 13.8. The van der Waals surface area contributed by atoms with Crippen LogP contribution < -0.4 is 10.1 Å². The summed E-state index contributed by atoms with van der Waals surface area (Å²) in [5.41, 5.74) is 3.76. The van der Waals surface area contributed by atoms with E-state index in [1.54, 1.807) is 17.0 Å². The van der Waals surface area contributed by atoms with E-state index in [2.05, 4.69) is 5.32 Å². The standard InChI is InChI=1S/C32H37FN2O3/c1-23-13-18-30(24(2)19-23)38-22-31(36)35(21-26-14-16-27(33)17-15-26)29(20-25-9-5-3-6-10-25)32(37)34-28-11-7-4-8-12-28/h3,5-6,9-10,13-19,28-29H,4,7-8,11-12,20-22H2,1-2H3,(H,34,37)/t29-/m1/s1. The van der Waals surface area contributed by atoms with Crippen molar-refractivity contribution in [3.8, 4) is 5.75 Å². The molecule has 0 unspecified atom stereocenters. The molecule has 1 saturated carbocycles. The summed E-state index contributed by atoms with van der Waals surface area (Å²) < 4.78 is 19.6. The molecule has 0 saturated heterocycles. The van der Waals surface area contributed by atoms with E-state index in [1.807, 2.05) is 62.4 Å². The summed E-state index contributed by atoms with van der Waals surface area (Å²) in [6, 6.07) is 21.0. The van der Waals surface area contributed by atoms with E-state index in [1.165, 1.54) is 18.6 Å². The predicted molar refractivity (Wildman–Crippen MR) is 147 cm³/mol. The third-order valence-corrected chi connectivity index (χ3v) is 7.17. The Kier molecular flexibility index (Phi) is 9.52. The third-order valence-electron chi connectivity index (χ3n) is 7.17. The number of aryl methyl sites for hydroxylation is 2. The maximum Gasteiger partial charge on any atom is 0.261 e. The first-order chi connectivity index (χ1) is 18.4. The molecule has 0 heterocycles. The quantitative estimate of drug-likeness (QED) is 0.364. The molecule has 200 valence electrons. The van der Waals surface area contributed by atoms with E-state index in [-0.39, 0.29) is 36.8 Å². The highest BCUT2D eigenvalue weighted by molar-refractivity contribution is 5.88. The van der Waals surface area contributed by atoms with Gasteiger partial charge in [0.2, 0.25) is 5.91 Å². The van der Waals surface area contributed by atoms with Crippen LogP contribution in [0.5, 0.6) is 5.75 Å². The number of nitrogens with zero attached hydrogens (tertiary/aromatic N) is 1. The minimum atomic E-state index is -0.736. The molecule has 0 aliphatic heterocycles. The molecular formula is C32H37FN2O3. The summed E-state index contributed by atoms with van der Waals surface area (Å²) in [4.78, 5) is 29.1. The first-order valence-corrected chi connectivity index (χ1v) is 13.5. The fourth-order valence-corrected chi connectivity index (χ4v) is 5.07. The number of rotatable bonds is 10. The van der Waals surface area contributed by atoms with E-state index in [0.717, 1.165) is 47.9 Å². The molecule has 1 aliphatic rings. The highest BCUT2D eigenvalue weighted by atomic mass is 19.1. The Hall–Kier alpha value is -3.67. The van der Waals surface area contributed by atoms with Crippen molar-refractivity contribution in [1.29, 1.82) is 0 Å². The average Bonchev–Trinajstić information content (AvgIpc) is 2.92. The lowest BCUT2D eigenvalue weighted by molar-refractivity contribution is -0.143. The number of halogens is 1. The van der Waals surface area contributed by atoms with Crippen molar-refractivity contribution in [2.75, 3.05) is 6.61 Å². The van der Waals surface area contributed by atoms with Gasteiger partial charge in [-0.15, -0.1) is 0 Å². The Balaban J connectivity index is 1.61. The highest BCUT2D eigenvalue weighted by Gasteiger charge is 2.32. The number of benzene rings is 3. The van der Waals surface area contributed by atoms with Crippen molar-refractivity contribution < 1.29 is 18.7 Å². The molecule has 1 fully saturated rings. The zero-order chi connectivity index (χ0) is 26.9. The molecule has 5 nitrogen and oxygen atoms in total. The monoisotopic (exact) mass is 516 g/mol. The van der Waals surface area contributed by atoms with Gasteiger partial charge in [-0.3, -0.25) is 9.59 Å². The van der Waals surface area contributed by atoms with Crippen LogP contribution in [0.1, 0.15) is 54.4 Å². The second-order valence-corrected chi connectivity index (χ2v) is 10.3.